The molecule has 2 aromatic rings. The molecule has 0 bridgehead atoms. The van der Waals surface area contributed by atoms with E-state index >= 15 is 0 Å². The molecule has 0 aliphatic carbocycles. The standard InChI is InChI=1S/C19H25ClN4O2.HI/c1-14(15-6-4-7-16(20)12-15)23-19(22-13-18(25)24(2)3)21-10-9-17-8-5-11-26-17;/h4-8,11-12,14H,9-10,13H2,1-3H3,(H2,21,22,23);1H. The highest BCUT2D eigenvalue weighted by atomic mass is 127. The van der Waals surface area contributed by atoms with Gasteiger partial charge in [-0.2, -0.15) is 0 Å². The summed E-state index contributed by atoms with van der Waals surface area (Å²) in [5.41, 5.74) is 1.04. The minimum absolute atomic E-state index is 0. The van der Waals surface area contributed by atoms with Gasteiger partial charge in [-0.25, -0.2) is 4.99 Å². The van der Waals surface area contributed by atoms with Crippen LogP contribution in [0.3, 0.4) is 0 Å². The Bertz CT molecular complexity index is 735. The van der Waals surface area contributed by atoms with Gasteiger partial charge in [0, 0.05) is 32.1 Å². The molecule has 1 heterocycles. The monoisotopic (exact) mass is 504 g/mol. The Kier molecular flexibility index (Phi) is 10.2. The van der Waals surface area contributed by atoms with Gasteiger partial charge in [0.15, 0.2) is 5.96 Å². The fourth-order valence-corrected chi connectivity index (χ4v) is 2.46. The van der Waals surface area contributed by atoms with Crippen molar-refractivity contribution in [2.45, 2.75) is 19.4 Å². The highest BCUT2D eigenvalue weighted by Crippen LogP contribution is 2.17. The van der Waals surface area contributed by atoms with Crippen molar-refractivity contribution in [1.82, 2.24) is 15.5 Å². The maximum Gasteiger partial charge on any atom is 0.243 e. The molecule has 0 saturated heterocycles. The molecule has 27 heavy (non-hydrogen) atoms. The molecule has 0 fully saturated rings. The predicted octanol–water partition coefficient (Wildman–Crippen LogP) is 3.48. The van der Waals surface area contributed by atoms with Crippen LogP contribution in [0.25, 0.3) is 0 Å². The molecule has 2 rings (SSSR count). The summed E-state index contributed by atoms with van der Waals surface area (Å²) in [6.45, 7) is 2.73. The average Bonchev–Trinajstić information content (AvgIpc) is 3.12. The maximum atomic E-state index is 11.8. The van der Waals surface area contributed by atoms with E-state index < -0.39 is 0 Å². The Morgan fingerprint density at radius 2 is 2.07 bits per heavy atom. The Morgan fingerprint density at radius 3 is 2.70 bits per heavy atom. The maximum absolute atomic E-state index is 11.8. The molecule has 2 N–H and O–H groups in total. The number of aliphatic imine (C=N–C) groups is 1. The molecular weight excluding hydrogens is 479 g/mol. The number of furan rings is 1. The molecule has 0 radical (unpaired) electrons. The van der Waals surface area contributed by atoms with Crippen LogP contribution in [0.15, 0.2) is 52.1 Å². The summed E-state index contributed by atoms with van der Waals surface area (Å²) in [5, 5.41) is 7.24. The lowest BCUT2D eigenvalue weighted by molar-refractivity contribution is -0.127. The van der Waals surface area contributed by atoms with Crippen LogP contribution in [0.2, 0.25) is 5.02 Å². The van der Waals surface area contributed by atoms with Gasteiger partial charge in [0.2, 0.25) is 5.91 Å². The Balaban J connectivity index is 0.00000364. The van der Waals surface area contributed by atoms with E-state index in [4.69, 9.17) is 16.0 Å². The first-order chi connectivity index (χ1) is 12.5. The van der Waals surface area contributed by atoms with Gasteiger partial charge in [-0.3, -0.25) is 4.79 Å². The van der Waals surface area contributed by atoms with Gasteiger partial charge in [0.1, 0.15) is 12.3 Å². The normalized spacial score (nSPS) is 12.1. The molecule has 1 atom stereocenters. The number of carbonyl (C=O) groups is 1. The first kappa shape index (κ1) is 23.3. The molecule has 1 amide bonds. The Labute approximate surface area is 182 Å². The second-order valence-electron chi connectivity index (χ2n) is 6.13. The quantitative estimate of drug-likeness (QED) is 0.344. The van der Waals surface area contributed by atoms with Crippen molar-refractivity contribution in [3.63, 3.8) is 0 Å². The Morgan fingerprint density at radius 1 is 1.30 bits per heavy atom. The molecule has 1 aromatic carbocycles. The summed E-state index contributed by atoms with van der Waals surface area (Å²) < 4.78 is 5.33. The first-order valence-electron chi connectivity index (χ1n) is 8.48. The number of nitrogens with one attached hydrogen (secondary N) is 2. The van der Waals surface area contributed by atoms with Crippen LogP contribution >= 0.6 is 35.6 Å². The molecule has 148 valence electrons. The molecule has 0 spiro atoms. The van der Waals surface area contributed by atoms with E-state index in [9.17, 15) is 4.79 Å². The number of hydrogen-bond donors (Lipinski definition) is 2. The predicted molar refractivity (Wildman–Crippen MR) is 120 cm³/mol. The largest absolute Gasteiger partial charge is 0.469 e. The lowest BCUT2D eigenvalue weighted by atomic mass is 10.1. The zero-order valence-corrected chi connectivity index (χ0v) is 18.8. The summed E-state index contributed by atoms with van der Waals surface area (Å²) in [5.74, 6) is 1.40. The van der Waals surface area contributed by atoms with E-state index in [2.05, 4.69) is 15.6 Å². The molecule has 0 aliphatic heterocycles. The third-order valence-corrected chi connectivity index (χ3v) is 4.05. The highest BCUT2D eigenvalue weighted by molar-refractivity contribution is 14.0. The van der Waals surface area contributed by atoms with E-state index in [0.717, 1.165) is 17.7 Å². The van der Waals surface area contributed by atoms with Crippen molar-refractivity contribution in [1.29, 1.82) is 0 Å². The van der Waals surface area contributed by atoms with Crippen molar-refractivity contribution >= 4 is 47.4 Å². The van der Waals surface area contributed by atoms with E-state index in [0.29, 0.717) is 17.5 Å². The molecule has 1 aromatic heterocycles. The molecule has 8 heteroatoms. The zero-order valence-electron chi connectivity index (χ0n) is 15.7. The van der Waals surface area contributed by atoms with Crippen LogP contribution in [0.1, 0.15) is 24.3 Å². The third kappa shape index (κ3) is 8.21. The summed E-state index contributed by atoms with van der Waals surface area (Å²) in [6, 6.07) is 11.4. The van der Waals surface area contributed by atoms with Crippen LogP contribution in [0.4, 0.5) is 0 Å². The van der Waals surface area contributed by atoms with E-state index in [1.54, 1.807) is 20.4 Å². The number of likely N-dealkylation sites (N-methyl/N-ethyl adjacent to an activating group) is 1. The van der Waals surface area contributed by atoms with Crippen LogP contribution < -0.4 is 10.6 Å². The SMILES string of the molecule is CC(NC(=NCC(=O)N(C)C)NCCc1ccco1)c1cccc(Cl)c1.I. The lowest BCUT2D eigenvalue weighted by Gasteiger charge is -2.19. The first-order valence-corrected chi connectivity index (χ1v) is 8.86. The molecule has 0 saturated carbocycles. The van der Waals surface area contributed by atoms with Crippen molar-refractivity contribution in [2.24, 2.45) is 4.99 Å². The zero-order chi connectivity index (χ0) is 18.9. The molecule has 6 nitrogen and oxygen atoms in total. The number of hydrogen-bond acceptors (Lipinski definition) is 3. The van der Waals surface area contributed by atoms with Gasteiger partial charge in [-0.1, -0.05) is 23.7 Å². The summed E-state index contributed by atoms with van der Waals surface area (Å²) in [7, 11) is 3.42. The van der Waals surface area contributed by atoms with Gasteiger partial charge in [0.25, 0.3) is 0 Å². The van der Waals surface area contributed by atoms with Crippen molar-refractivity contribution < 1.29 is 9.21 Å². The number of guanidine groups is 1. The Hall–Kier alpha value is -1.74. The second kappa shape index (κ2) is 11.9. The summed E-state index contributed by atoms with van der Waals surface area (Å²) >= 11 is 6.07. The van der Waals surface area contributed by atoms with E-state index in [1.165, 1.54) is 4.90 Å². The highest BCUT2D eigenvalue weighted by Gasteiger charge is 2.10. The number of amides is 1. The minimum Gasteiger partial charge on any atom is -0.469 e. The van der Waals surface area contributed by atoms with Crippen LogP contribution in [0.5, 0.6) is 0 Å². The smallest absolute Gasteiger partial charge is 0.243 e. The van der Waals surface area contributed by atoms with Crippen LogP contribution in [-0.2, 0) is 11.2 Å². The van der Waals surface area contributed by atoms with Crippen LogP contribution in [0, 0.1) is 0 Å². The topological polar surface area (TPSA) is 69.9 Å². The number of carbonyl (C=O) groups excluding carboxylic acids is 1. The molecule has 1 unspecified atom stereocenters. The van der Waals surface area contributed by atoms with Crippen molar-refractivity contribution in [3.8, 4) is 0 Å². The number of halogens is 2. The summed E-state index contributed by atoms with van der Waals surface area (Å²) in [4.78, 5) is 17.7. The van der Waals surface area contributed by atoms with E-state index in [1.807, 2.05) is 43.3 Å². The van der Waals surface area contributed by atoms with Crippen LogP contribution in [-0.4, -0.2) is 44.0 Å². The van der Waals surface area contributed by atoms with Gasteiger partial charge in [-0.15, -0.1) is 24.0 Å². The second-order valence-corrected chi connectivity index (χ2v) is 6.57. The van der Waals surface area contributed by atoms with Gasteiger partial charge >= 0.3 is 0 Å². The van der Waals surface area contributed by atoms with E-state index in [-0.39, 0.29) is 42.5 Å². The molecular formula is C19H26ClIN4O2. The fraction of sp³-hybridized carbons (Fsp3) is 0.368. The fourth-order valence-electron chi connectivity index (χ4n) is 2.26. The lowest BCUT2D eigenvalue weighted by Crippen LogP contribution is -2.40. The minimum atomic E-state index is -0.0625. The number of nitrogens with zero attached hydrogens (tertiary/aromatic N) is 2. The van der Waals surface area contributed by atoms with Crippen molar-refractivity contribution in [2.75, 3.05) is 27.2 Å². The van der Waals surface area contributed by atoms with Gasteiger partial charge in [0.05, 0.1) is 12.3 Å². The average molecular weight is 505 g/mol. The number of benzene rings is 1. The molecule has 0 aliphatic rings. The van der Waals surface area contributed by atoms with Gasteiger partial charge in [-0.05, 0) is 36.8 Å². The third-order valence-electron chi connectivity index (χ3n) is 3.82. The van der Waals surface area contributed by atoms with Gasteiger partial charge < -0.3 is 20.0 Å². The summed E-state index contributed by atoms with van der Waals surface area (Å²) in [6.07, 6.45) is 2.38. The van der Waals surface area contributed by atoms with Crippen molar-refractivity contribution in [3.05, 3.63) is 59.0 Å². The number of rotatable bonds is 7.